The van der Waals surface area contributed by atoms with Gasteiger partial charge in [-0.3, -0.25) is 0 Å². The largest absolute Gasteiger partial charge is 0.399 e. The summed E-state index contributed by atoms with van der Waals surface area (Å²) < 4.78 is 25.6. The van der Waals surface area contributed by atoms with Crippen molar-refractivity contribution >= 4 is 26.6 Å². The molecule has 1 heterocycles. The lowest BCUT2D eigenvalue weighted by atomic mass is 9.87. The molecule has 2 aromatic rings. The van der Waals surface area contributed by atoms with E-state index in [9.17, 15) is 8.42 Å². The molecule has 0 amide bonds. The van der Waals surface area contributed by atoms with Gasteiger partial charge in [0, 0.05) is 5.69 Å². The zero-order valence-corrected chi connectivity index (χ0v) is 13.0. The zero-order valence-electron chi connectivity index (χ0n) is 12.2. The second-order valence-electron chi connectivity index (χ2n) is 5.93. The fourth-order valence-electron chi connectivity index (χ4n) is 3.19. The summed E-state index contributed by atoms with van der Waals surface area (Å²) >= 11 is 0. The van der Waals surface area contributed by atoms with Crippen molar-refractivity contribution in [3.05, 3.63) is 18.2 Å². The first kappa shape index (κ1) is 14.4. The number of aromatic nitrogens is 2. The molecule has 1 aromatic carbocycles. The van der Waals surface area contributed by atoms with Crippen LogP contribution in [0.1, 0.15) is 39.0 Å². The lowest BCUT2D eigenvalue weighted by Gasteiger charge is -2.27. The van der Waals surface area contributed by atoms with Gasteiger partial charge < -0.3 is 10.7 Å². The first-order valence-corrected chi connectivity index (χ1v) is 9.04. The minimum atomic E-state index is -3.39. The molecule has 3 N–H and O–H groups in total. The normalized spacial score (nSPS) is 23.5. The number of rotatable bonds is 3. The maximum Gasteiger partial charge on any atom is 0.226 e. The number of benzene rings is 1. The van der Waals surface area contributed by atoms with Crippen LogP contribution in [0.25, 0.3) is 11.0 Å². The summed E-state index contributed by atoms with van der Waals surface area (Å²) in [6.07, 6.45) is 4.65. The van der Waals surface area contributed by atoms with Gasteiger partial charge >= 0.3 is 0 Å². The highest BCUT2D eigenvalue weighted by molar-refractivity contribution is 7.91. The fraction of sp³-hybridized carbons (Fsp3) is 0.533. The number of sulfone groups is 1. The van der Waals surface area contributed by atoms with Crippen molar-refractivity contribution in [3.8, 4) is 0 Å². The molecule has 1 aliphatic rings. The fourth-order valence-corrected chi connectivity index (χ4v) is 4.99. The molecule has 3 rings (SSSR count). The van der Waals surface area contributed by atoms with Crippen molar-refractivity contribution < 1.29 is 8.42 Å². The molecule has 1 aromatic heterocycles. The Labute approximate surface area is 124 Å². The van der Waals surface area contributed by atoms with Crippen molar-refractivity contribution in [2.45, 2.75) is 49.4 Å². The second kappa shape index (κ2) is 5.33. The van der Waals surface area contributed by atoms with Crippen molar-refractivity contribution in [2.24, 2.45) is 5.92 Å². The van der Waals surface area contributed by atoms with E-state index in [4.69, 9.17) is 5.73 Å². The zero-order chi connectivity index (χ0) is 15.0. The quantitative estimate of drug-likeness (QED) is 0.853. The van der Waals surface area contributed by atoms with Crippen LogP contribution in [-0.4, -0.2) is 23.6 Å². The van der Waals surface area contributed by atoms with E-state index < -0.39 is 9.84 Å². The molecule has 0 aliphatic heterocycles. The van der Waals surface area contributed by atoms with Crippen LogP contribution in [0.4, 0.5) is 5.69 Å². The van der Waals surface area contributed by atoms with E-state index in [1.54, 1.807) is 18.2 Å². The highest BCUT2D eigenvalue weighted by Gasteiger charge is 2.34. The maximum absolute atomic E-state index is 12.8. The first-order valence-electron chi connectivity index (χ1n) is 7.50. The van der Waals surface area contributed by atoms with E-state index in [1.165, 1.54) is 0 Å². The number of nitrogens with one attached hydrogen (secondary N) is 1. The number of nitrogen functional groups attached to an aromatic ring is 1. The number of hydrogen-bond donors (Lipinski definition) is 2. The summed E-state index contributed by atoms with van der Waals surface area (Å²) in [5.41, 5.74) is 7.64. The molecule has 0 radical (unpaired) electrons. The Morgan fingerprint density at radius 1 is 1.38 bits per heavy atom. The highest BCUT2D eigenvalue weighted by Crippen LogP contribution is 2.33. The first-order chi connectivity index (χ1) is 10.0. The molecule has 1 fully saturated rings. The number of fused-ring (bicyclic) bond motifs is 1. The number of imidazole rings is 1. The molecular formula is C15H21N3O2S. The van der Waals surface area contributed by atoms with E-state index in [2.05, 4.69) is 16.9 Å². The van der Waals surface area contributed by atoms with Crippen LogP contribution in [0, 0.1) is 5.92 Å². The van der Waals surface area contributed by atoms with Crippen LogP contribution in [0.5, 0.6) is 0 Å². The minimum Gasteiger partial charge on any atom is -0.399 e. The molecule has 21 heavy (non-hydrogen) atoms. The second-order valence-corrected chi connectivity index (χ2v) is 8.07. The van der Waals surface area contributed by atoms with Crippen molar-refractivity contribution in [1.82, 2.24) is 9.97 Å². The third-order valence-electron chi connectivity index (χ3n) is 4.50. The Hall–Kier alpha value is -1.56. The van der Waals surface area contributed by atoms with Crippen molar-refractivity contribution in [1.29, 1.82) is 0 Å². The van der Waals surface area contributed by atoms with Gasteiger partial charge in [0.1, 0.15) is 0 Å². The average molecular weight is 307 g/mol. The van der Waals surface area contributed by atoms with Crippen LogP contribution in [-0.2, 0) is 9.84 Å². The van der Waals surface area contributed by atoms with E-state index in [1.807, 2.05) is 0 Å². The summed E-state index contributed by atoms with van der Waals surface area (Å²) in [5.74, 6) is 0.513. The molecule has 2 unspecified atom stereocenters. The van der Waals surface area contributed by atoms with Gasteiger partial charge in [-0.05, 0) is 37.0 Å². The molecule has 1 saturated carbocycles. The topological polar surface area (TPSA) is 88.8 Å². The molecule has 6 heteroatoms. The Morgan fingerprint density at radius 3 is 2.95 bits per heavy atom. The molecule has 0 saturated heterocycles. The predicted octanol–water partition coefficient (Wildman–Crippen LogP) is 2.89. The van der Waals surface area contributed by atoms with Crippen molar-refractivity contribution in [2.75, 3.05) is 5.73 Å². The maximum atomic E-state index is 12.8. The Morgan fingerprint density at radius 2 is 2.19 bits per heavy atom. The average Bonchev–Trinajstić information content (AvgIpc) is 2.91. The highest BCUT2D eigenvalue weighted by atomic mass is 32.2. The standard InChI is InChI=1S/C15H21N3O2S/c1-2-10-4-3-5-12(8-10)21(19,20)15-17-13-7-6-11(16)9-14(13)18-15/h6-7,9-10,12H,2-5,8,16H2,1H3,(H,17,18). The van der Waals surface area contributed by atoms with E-state index in [-0.39, 0.29) is 10.4 Å². The third-order valence-corrected chi connectivity index (χ3v) is 6.54. The molecule has 1 aliphatic carbocycles. The summed E-state index contributed by atoms with van der Waals surface area (Å²) in [4.78, 5) is 7.18. The molecule has 2 atom stereocenters. The number of hydrogen-bond acceptors (Lipinski definition) is 4. The molecule has 114 valence electrons. The summed E-state index contributed by atoms with van der Waals surface area (Å²) in [5, 5.41) is -0.223. The molecular weight excluding hydrogens is 286 g/mol. The monoisotopic (exact) mass is 307 g/mol. The van der Waals surface area contributed by atoms with Gasteiger partial charge in [0.25, 0.3) is 0 Å². The number of nitrogens with two attached hydrogens (primary N) is 1. The Balaban J connectivity index is 1.95. The Bertz CT molecular complexity index is 751. The summed E-state index contributed by atoms with van der Waals surface area (Å²) in [6, 6.07) is 5.19. The SMILES string of the molecule is CCC1CCCC(S(=O)(=O)c2nc3ccc(N)cc3[nH]2)C1. The molecule has 0 spiro atoms. The van der Waals surface area contributed by atoms with E-state index in [0.29, 0.717) is 22.6 Å². The van der Waals surface area contributed by atoms with Gasteiger partial charge in [0.2, 0.25) is 15.0 Å². The Kier molecular flexibility index (Phi) is 3.65. The third kappa shape index (κ3) is 2.64. The number of aromatic amines is 1. The van der Waals surface area contributed by atoms with E-state index in [0.717, 1.165) is 32.1 Å². The lowest BCUT2D eigenvalue weighted by molar-refractivity contribution is 0.347. The smallest absolute Gasteiger partial charge is 0.226 e. The van der Waals surface area contributed by atoms with Gasteiger partial charge in [-0.25, -0.2) is 13.4 Å². The van der Waals surface area contributed by atoms with Gasteiger partial charge in [0.15, 0.2) is 0 Å². The molecule has 0 bridgehead atoms. The summed E-state index contributed by atoms with van der Waals surface area (Å²) in [6.45, 7) is 2.13. The van der Waals surface area contributed by atoms with E-state index >= 15 is 0 Å². The van der Waals surface area contributed by atoms with Gasteiger partial charge in [-0.2, -0.15) is 0 Å². The summed E-state index contributed by atoms with van der Waals surface area (Å²) in [7, 11) is -3.39. The van der Waals surface area contributed by atoms with Crippen LogP contribution >= 0.6 is 0 Å². The minimum absolute atomic E-state index is 0.0878. The number of anilines is 1. The number of H-pyrrole nitrogens is 1. The van der Waals surface area contributed by atoms with Crippen LogP contribution in [0.2, 0.25) is 0 Å². The molecule has 5 nitrogen and oxygen atoms in total. The van der Waals surface area contributed by atoms with Crippen LogP contribution < -0.4 is 5.73 Å². The van der Waals surface area contributed by atoms with Crippen LogP contribution in [0.15, 0.2) is 23.4 Å². The van der Waals surface area contributed by atoms with Gasteiger partial charge in [0.05, 0.1) is 16.3 Å². The van der Waals surface area contributed by atoms with Gasteiger partial charge in [-0.1, -0.05) is 26.2 Å². The van der Waals surface area contributed by atoms with Gasteiger partial charge in [-0.15, -0.1) is 0 Å². The predicted molar refractivity (Wildman–Crippen MR) is 83.7 cm³/mol. The number of nitrogens with zero attached hydrogens (tertiary/aromatic N) is 1. The van der Waals surface area contributed by atoms with Crippen LogP contribution in [0.3, 0.4) is 0 Å². The lowest BCUT2D eigenvalue weighted by Crippen LogP contribution is -2.28. The van der Waals surface area contributed by atoms with Crippen molar-refractivity contribution in [3.63, 3.8) is 0 Å².